The van der Waals surface area contributed by atoms with Gasteiger partial charge < -0.3 is 20.9 Å². The molecule has 0 radical (unpaired) electrons. The Hall–Kier alpha value is -3.77. The maximum absolute atomic E-state index is 12.8. The van der Waals surface area contributed by atoms with Gasteiger partial charge in [-0.25, -0.2) is 4.79 Å². The minimum Gasteiger partial charge on any atom is -0.361 e. The van der Waals surface area contributed by atoms with E-state index in [1.165, 1.54) is 0 Å². The average molecular weight is 461 g/mol. The number of fused-ring (bicyclic) bond motifs is 1. The highest BCUT2D eigenvalue weighted by Gasteiger charge is 2.23. The summed E-state index contributed by atoms with van der Waals surface area (Å²) in [6.45, 7) is 1.98. The van der Waals surface area contributed by atoms with Crippen LogP contribution in [-0.4, -0.2) is 29.5 Å². The predicted octanol–water partition coefficient (Wildman–Crippen LogP) is 5.28. The number of carbonyl (C=O) groups excluding carboxylic acids is 2. The third-order valence-corrected chi connectivity index (χ3v) is 5.87. The summed E-state index contributed by atoms with van der Waals surface area (Å²) >= 11 is 6.52. The van der Waals surface area contributed by atoms with Crippen LogP contribution in [0.1, 0.15) is 24.0 Å². The molecule has 0 aliphatic carbocycles. The Morgan fingerprint density at radius 1 is 0.909 bits per heavy atom. The van der Waals surface area contributed by atoms with Crippen molar-refractivity contribution in [2.75, 3.05) is 11.9 Å². The SMILES string of the molecule is C[C@H](NC(=O)Nc1ccccc1)C(=O)NC[C@@H](c1ccccc1Cl)c1c[nH]c2ccccc12. The van der Waals surface area contributed by atoms with Crippen molar-refractivity contribution in [3.05, 3.63) is 101 Å². The largest absolute Gasteiger partial charge is 0.361 e. The highest BCUT2D eigenvalue weighted by Crippen LogP contribution is 2.34. The van der Waals surface area contributed by atoms with E-state index in [2.05, 4.69) is 20.9 Å². The topological polar surface area (TPSA) is 86.0 Å². The van der Waals surface area contributed by atoms with Gasteiger partial charge in [0.05, 0.1) is 0 Å². The van der Waals surface area contributed by atoms with Crippen molar-refractivity contribution in [3.63, 3.8) is 0 Å². The van der Waals surface area contributed by atoms with Gasteiger partial charge in [0.25, 0.3) is 0 Å². The van der Waals surface area contributed by atoms with Crippen molar-refractivity contribution in [2.24, 2.45) is 0 Å². The Morgan fingerprint density at radius 2 is 1.61 bits per heavy atom. The maximum Gasteiger partial charge on any atom is 0.319 e. The van der Waals surface area contributed by atoms with Crippen molar-refractivity contribution < 1.29 is 9.59 Å². The molecule has 2 atom stereocenters. The number of anilines is 1. The minimum atomic E-state index is -0.719. The van der Waals surface area contributed by atoms with Gasteiger partial charge in [-0.2, -0.15) is 0 Å². The van der Waals surface area contributed by atoms with E-state index >= 15 is 0 Å². The number of aromatic nitrogens is 1. The molecular weight excluding hydrogens is 436 g/mol. The molecule has 0 bridgehead atoms. The molecular formula is C26H25ClN4O2. The van der Waals surface area contributed by atoms with Gasteiger partial charge in [0.1, 0.15) is 6.04 Å². The Morgan fingerprint density at radius 3 is 2.39 bits per heavy atom. The molecule has 1 aromatic heterocycles. The molecule has 4 rings (SSSR count). The Labute approximate surface area is 197 Å². The molecule has 0 aliphatic heterocycles. The van der Waals surface area contributed by atoms with Crippen molar-refractivity contribution in [1.29, 1.82) is 0 Å². The second kappa shape index (κ2) is 10.2. The molecule has 0 saturated heterocycles. The van der Waals surface area contributed by atoms with Crippen LogP contribution in [0.4, 0.5) is 10.5 Å². The molecule has 6 nitrogen and oxygen atoms in total. The molecule has 0 spiro atoms. The van der Waals surface area contributed by atoms with E-state index in [1.54, 1.807) is 19.1 Å². The lowest BCUT2D eigenvalue weighted by atomic mass is 9.90. The second-order valence-electron chi connectivity index (χ2n) is 7.80. The molecule has 168 valence electrons. The first-order valence-electron chi connectivity index (χ1n) is 10.7. The monoisotopic (exact) mass is 460 g/mol. The number of amides is 3. The Balaban J connectivity index is 1.47. The molecule has 3 amide bonds. The van der Waals surface area contributed by atoms with Gasteiger partial charge in [0.2, 0.25) is 5.91 Å². The zero-order valence-corrected chi connectivity index (χ0v) is 18.9. The van der Waals surface area contributed by atoms with E-state index in [0.717, 1.165) is 22.0 Å². The molecule has 0 saturated carbocycles. The van der Waals surface area contributed by atoms with Crippen LogP contribution in [0.2, 0.25) is 5.02 Å². The molecule has 0 fully saturated rings. The fourth-order valence-corrected chi connectivity index (χ4v) is 4.10. The van der Waals surface area contributed by atoms with E-state index < -0.39 is 12.1 Å². The fraction of sp³-hybridized carbons (Fsp3) is 0.154. The molecule has 7 heteroatoms. The van der Waals surface area contributed by atoms with Crippen LogP contribution in [-0.2, 0) is 4.79 Å². The number of rotatable bonds is 7. The van der Waals surface area contributed by atoms with Crippen LogP contribution in [0.3, 0.4) is 0 Å². The first-order chi connectivity index (χ1) is 16.0. The van der Waals surface area contributed by atoms with Crippen LogP contribution < -0.4 is 16.0 Å². The summed E-state index contributed by atoms with van der Waals surface area (Å²) in [5.41, 5.74) is 3.64. The van der Waals surface area contributed by atoms with Gasteiger partial charge in [-0.05, 0) is 42.3 Å². The number of hydrogen-bond acceptors (Lipinski definition) is 2. The number of halogens is 1. The predicted molar refractivity (Wildman–Crippen MR) is 133 cm³/mol. The van der Waals surface area contributed by atoms with E-state index in [-0.39, 0.29) is 11.8 Å². The minimum absolute atomic E-state index is 0.163. The van der Waals surface area contributed by atoms with E-state index in [1.807, 2.05) is 72.9 Å². The highest BCUT2D eigenvalue weighted by atomic mass is 35.5. The van der Waals surface area contributed by atoms with Gasteiger partial charge in [0, 0.05) is 40.3 Å². The number of benzene rings is 3. The number of urea groups is 1. The lowest BCUT2D eigenvalue weighted by molar-refractivity contribution is -0.122. The van der Waals surface area contributed by atoms with Gasteiger partial charge >= 0.3 is 6.03 Å². The van der Waals surface area contributed by atoms with Crippen LogP contribution in [0.15, 0.2) is 85.1 Å². The normalized spacial score (nSPS) is 12.7. The number of nitrogens with one attached hydrogen (secondary N) is 4. The molecule has 3 aromatic carbocycles. The number of hydrogen-bond donors (Lipinski definition) is 4. The summed E-state index contributed by atoms with van der Waals surface area (Å²) in [5.74, 6) is -0.445. The Kier molecular flexibility index (Phi) is 6.95. The molecule has 0 aliphatic rings. The van der Waals surface area contributed by atoms with Crippen LogP contribution in [0, 0.1) is 0 Å². The van der Waals surface area contributed by atoms with Crippen molar-refractivity contribution in [2.45, 2.75) is 18.9 Å². The zero-order chi connectivity index (χ0) is 23.2. The first-order valence-corrected chi connectivity index (χ1v) is 11.1. The molecule has 1 heterocycles. The second-order valence-corrected chi connectivity index (χ2v) is 8.20. The van der Waals surface area contributed by atoms with Crippen LogP contribution in [0.5, 0.6) is 0 Å². The standard InChI is InChI=1S/C26H25ClN4O2/c1-17(30-26(33)31-18-9-3-2-4-10-18)25(32)29-16-21(19-11-5-7-13-23(19)27)22-15-28-24-14-8-6-12-20(22)24/h2-15,17,21,28H,16H2,1H3,(H,29,32)(H2,30,31,33)/t17-,21-/m0/s1. The smallest absolute Gasteiger partial charge is 0.319 e. The summed E-state index contributed by atoms with van der Waals surface area (Å²) in [5, 5.41) is 10.1. The highest BCUT2D eigenvalue weighted by molar-refractivity contribution is 6.31. The lowest BCUT2D eigenvalue weighted by Crippen LogP contribution is -2.47. The number of carbonyl (C=O) groups is 2. The third-order valence-electron chi connectivity index (χ3n) is 5.53. The molecule has 0 unspecified atom stereocenters. The van der Waals surface area contributed by atoms with Crippen LogP contribution >= 0.6 is 11.6 Å². The van der Waals surface area contributed by atoms with E-state index in [4.69, 9.17) is 11.6 Å². The molecule has 4 aromatic rings. The fourth-order valence-electron chi connectivity index (χ4n) is 3.83. The maximum atomic E-state index is 12.8. The van der Waals surface area contributed by atoms with Gasteiger partial charge in [-0.15, -0.1) is 0 Å². The average Bonchev–Trinajstić information content (AvgIpc) is 3.25. The van der Waals surface area contributed by atoms with Crippen LogP contribution in [0.25, 0.3) is 10.9 Å². The summed E-state index contributed by atoms with van der Waals surface area (Å²) in [7, 11) is 0. The summed E-state index contributed by atoms with van der Waals surface area (Å²) in [4.78, 5) is 28.3. The summed E-state index contributed by atoms with van der Waals surface area (Å²) < 4.78 is 0. The van der Waals surface area contributed by atoms with Crippen molar-refractivity contribution in [1.82, 2.24) is 15.6 Å². The van der Waals surface area contributed by atoms with Gasteiger partial charge in [-0.1, -0.05) is 66.2 Å². The lowest BCUT2D eigenvalue weighted by Gasteiger charge is -2.21. The zero-order valence-electron chi connectivity index (χ0n) is 18.1. The summed E-state index contributed by atoms with van der Waals surface area (Å²) in [6, 6.07) is 23.6. The molecule has 33 heavy (non-hydrogen) atoms. The van der Waals surface area contributed by atoms with Gasteiger partial charge in [0.15, 0.2) is 0 Å². The van der Waals surface area contributed by atoms with E-state index in [9.17, 15) is 9.59 Å². The molecule has 4 N–H and O–H groups in total. The van der Waals surface area contributed by atoms with Crippen molar-refractivity contribution >= 4 is 40.1 Å². The summed E-state index contributed by atoms with van der Waals surface area (Å²) in [6.07, 6.45) is 1.96. The number of para-hydroxylation sites is 2. The quantitative estimate of drug-likeness (QED) is 0.302. The Bertz CT molecular complexity index is 1260. The van der Waals surface area contributed by atoms with E-state index in [0.29, 0.717) is 17.3 Å². The first kappa shape index (κ1) is 22.4. The van der Waals surface area contributed by atoms with Gasteiger partial charge in [-0.3, -0.25) is 4.79 Å². The third kappa shape index (κ3) is 5.35. The number of aromatic amines is 1. The van der Waals surface area contributed by atoms with Crippen molar-refractivity contribution in [3.8, 4) is 0 Å². The number of H-pyrrole nitrogens is 1.